The van der Waals surface area contributed by atoms with Gasteiger partial charge in [0.05, 0.1) is 18.8 Å². The Morgan fingerprint density at radius 3 is 2.84 bits per heavy atom. The van der Waals surface area contributed by atoms with E-state index in [2.05, 4.69) is 10.0 Å². The van der Waals surface area contributed by atoms with Gasteiger partial charge < -0.3 is 14.9 Å². The van der Waals surface area contributed by atoms with Crippen molar-refractivity contribution in [3.63, 3.8) is 0 Å². The van der Waals surface area contributed by atoms with Gasteiger partial charge in [-0.25, -0.2) is 0 Å². The van der Waals surface area contributed by atoms with E-state index in [0.717, 1.165) is 0 Å². The molecular formula is C12H14N4O3. The molecule has 0 bridgehead atoms. The van der Waals surface area contributed by atoms with Crippen molar-refractivity contribution in [2.24, 2.45) is 5.11 Å². The molecule has 19 heavy (non-hydrogen) atoms. The molecule has 0 aliphatic carbocycles. The average molecular weight is 262 g/mol. The Labute approximate surface area is 110 Å². The monoisotopic (exact) mass is 262 g/mol. The van der Waals surface area contributed by atoms with Gasteiger partial charge in [-0.3, -0.25) is 0 Å². The molecule has 0 aromatic heterocycles. The van der Waals surface area contributed by atoms with Crippen LogP contribution in [0.3, 0.4) is 0 Å². The van der Waals surface area contributed by atoms with Crippen LogP contribution in [-0.2, 0) is 0 Å². The van der Waals surface area contributed by atoms with E-state index in [1.165, 1.54) is 19.2 Å². The molecule has 2 atom stereocenters. The van der Waals surface area contributed by atoms with Gasteiger partial charge in [0.15, 0.2) is 0 Å². The molecule has 2 unspecified atom stereocenters. The first-order valence-electron chi connectivity index (χ1n) is 5.59. The summed E-state index contributed by atoms with van der Waals surface area (Å²) in [5.41, 5.74) is 8.91. The Morgan fingerprint density at radius 1 is 1.53 bits per heavy atom. The standard InChI is InChI=1S/C12H14N4O3/c1-19-11-6-8(2-3-9(11)7-13)12(18)10(17)4-5-15-16-14/h2-3,6,10,12,17-18H,4-5H2,1H3. The molecule has 100 valence electrons. The zero-order valence-electron chi connectivity index (χ0n) is 10.4. The summed E-state index contributed by atoms with van der Waals surface area (Å²) in [5.74, 6) is 0.335. The van der Waals surface area contributed by atoms with Crippen LogP contribution in [0.25, 0.3) is 10.4 Å². The molecule has 7 heteroatoms. The number of ether oxygens (including phenoxy) is 1. The van der Waals surface area contributed by atoms with E-state index in [1.54, 1.807) is 6.07 Å². The fourth-order valence-corrected chi connectivity index (χ4v) is 1.60. The smallest absolute Gasteiger partial charge is 0.136 e. The lowest BCUT2D eigenvalue weighted by atomic mass is 10.0. The highest BCUT2D eigenvalue weighted by Gasteiger charge is 2.19. The van der Waals surface area contributed by atoms with E-state index in [1.807, 2.05) is 6.07 Å². The zero-order chi connectivity index (χ0) is 14.3. The van der Waals surface area contributed by atoms with Crippen LogP contribution in [0.15, 0.2) is 23.3 Å². The molecule has 1 aromatic carbocycles. The highest BCUT2D eigenvalue weighted by Crippen LogP contribution is 2.26. The number of aliphatic hydroxyl groups excluding tert-OH is 2. The van der Waals surface area contributed by atoms with Crippen LogP contribution in [0.4, 0.5) is 0 Å². The summed E-state index contributed by atoms with van der Waals surface area (Å²) in [7, 11) is 1.42. The highest BCUT2D eigenvalue weighted by molar-refractivity contribution is 5.45. The number of hydrogen-bond acceptors (Lipinski definition) is 5. The van der Waals surface area contributed by atoms with E-state index in [-0.39, 0.29) is 13.0 Å². The lowest BCUT2D eigenvalue weighted by Gasteiger charge is -2.18. The number of nitrogens with zero attached hydrogens (tertiary/aromatic N) is 4. The number of methoxy groups -OCH3 is 1. The van der Waals surface area contributed by atoms with Gasteiger partial charge in [0.1, 0.15) is 17.9 Å². The number of hydrogen-bond donors (Lipinski definition) is 2. The molecule has 0 amide bonds. The summed E-state index contributed by atoms with van der Waals surface area (Å²) in [4.78, 5) is 2.57. The minimum absolute atomic E-state index is 0.0993. The van der Waals surface area contributed by atoms with Crippen LogP contribution in [0.1, 0.15) is 23.7 Å². The predicted molar refractivity (Wildman–Crippen MR) is 67.3 cm³/mol. The van der Waals surface area contributed by atoms with Crippen molar-refractivity contribution in [3.8, 4) is 11.8 Å². The Bertz CT molecular complexity index is 520. The quantitative estimate of drug-likeness (QED) is 0.459. The number of nitriles is 1. The molecule has 0 radical (unpaired) electrons. The molecule has 0 fully saturated rings. The van der Waals surface area contributed by atoms with Gasteiger partial charge >= 0.3 is 0 Å². The molecular weight excluding hydrogens is 248 g/mol. The molecule has 1 rings (SSSR count). The van der Waals surface area contributed by atoms with Crippen molar-refractivity contribution >= 4 is 0 Å². The highest BCUT2D eigenvalue weighted by atomic mass is 16.5. The number of aliphatic hydroxyl groups is 2. The lowest BCUT2D eigenvalue weighted by molar-refractivity contribution is 0.0149. The van der Waals surface area contributed by atoms with Crippen molar-refractivity contribution in [1.29, 1.82) is 5.26 Å². The Kier molecular flexibility index (Phi) is 5.64. The second-order valence-corrected chi connectivity index (χ2v) is 3.83. The van der Waals surface area contributed by atoms with Gasteiger partial charge in [-0.05, 0) is 29.6 Å². The summed E-state index contributed by atoms with van der Waals surface area (Å²) in [6, 6.07) is 6.52. The molecule has 0 spiro atoms. The van der Waals surface area contributed by atoms with E-state index in [4.69, 9.17) is 15.5 Å². The second-order valence-electron chi connectivity index (χ2n) is 3.83. The van der Waals surface area contributed by atoms with Crippen molar-refractivity contribution < 1.29 is 14.9 Å². The van der Waals surface area contributed by atoms with E-state index in [0.29, 0.717) is 16.9 Å². The third-order valence-corrected chi connectivity index (χ3v) is 2.64. The van der Waals surface area contributed by atoms with Crippen LogP contribution < -0.4 is 4.74 Å². The number of azide groups is 1. The normalized spacial score (nSPS) is 12.9. The average Bonchev–Trinajstić information content (AvgIpc) is 2.45. The summed E-state index contributed by atoms with van der Waals surface area (Å²) < 4.78 is 5.02. The first-order valence-corrected chi connectivity index (χ1v) is 5.59. The molecule has 1 aromatic rings. The molecule has 7 nitrogen and oxygen atoms in total. The maximum Gasteiger partial charge on any atom is 0.136 e. The fourth-order valence-electron chi connectivity index (χ4n) is 1.60. The Morgan fingerprint density at radius 2 is 2.26 bits per heavy atom. The molecule has 0 saturated carbocycles. The molecule has 0 aliphatic rings. The van der Waals surface area contributed by atoms with Crippen molar-refractivity contribution in [3.05, 3.63) is 39.8 Å². The van der Waals surface area contributed by atoms with Crippen LogP contribution in [0.5, 0.6) is 5.75 Å². The number of benzene rings is 1. The third-order valence-electron chi connectivity index (χ3n) is 2.64. The minimum Gasteiger partial charge on any atom is -0.495 e. The van der Waals surface area contributed by atoms with Crippen LogP contribution in [0, 0.1) is 11.3 Å². The van der Waals surface area contributed by atoms with Crippen LogP contribution in [-0.4, -0.2) is 30.0 Å². The fraction of sp³-hybridized carbons (Fsp3) is 0.417. The molecule has 2 N–H and O–H groups in total. The molecule has 0 saturated heterocycles. The Hall–Kier alpha value is -2.26. The van der Waals surface area contributed by atoms with Crippen molar-refractivity contribution in [1.82, 2.24) is 0 Å². The largest absolute Gasteiger partial charge is 0.495 e. The maximum atomic E-state index is 9.95. The maximum absolute atomic E-state index is 9.95. The molecule has 0 heterocycles. The van der Waals surface area contributed by atoms with Crippen molar-refractivity contribution in [2.45, 2.75) is 18.6 Å². The summed E-state index contributed by atoms with van der Waals surface area (Å²) >= 11 is 0. The van der Waals surface area contributed by atoms with Gasteiger partial charge in [0, 0.05) is 11.5 Å². The van der Waals surface area contributed by atoms with Crippen molar-refractivity contribution in [2.75, 3.05) is 13.7 Å². The topological polar surface area (TPSA) is 122 Å². The summed E-state index contributed by atoms with van der Waals surface area (Å²) in [6.45, 7) is 0.0993. The van der Waals surface area contributed by atoms with Gasteiger partial charge in [-0.15, -0.1) is 0 Å². The van der Waals surface area contributed by atoms with E-state index >= 15 is 0 Å². The minimum atomic E-state index is -1.13. The van der Waals surface area contributed by atoms with Crippen LogP contribution >= 0.6 is 0 Å². The van der Waals surface area contributed by atoms with Gasteiger partial charge in [0.25, 0.3) is 0 Å². The van der Waals surface area contributed by atoms with Crippen LogP contribution in [0.2, 0.25) is 0 Å². The summed E-state index contributed by atoms with van der Waals surface area (Å²) in [6.07, 6.45) is -2.04. The number of rotatable bonds is 6. The SMILES string of the molecule is COc1cc(C(O)C(O)CCN=[N+]=[N-])ccc1C#N. The first kappa shape index (κ1) is 14.8. The van der Waals surface area contributed by atoms with E-state index < -0.39 is 12.2 Å². The van der Waals surface area contributed by atoms with Gasteiger partial charge in [-0.1, -0.05) is 11.2 Å². The second kappa shape index (κ2) is 7.24. The van der Waals surface area contributed by atoms with Gasteiger partial charge in [0.2, 0.25) is 0 Å². The third kappa shape index (κ3) is 3.86. The van der Waals surface area contributed by atoms with Gasteiger partial charge in [-0.2, -0.15) is 5.26 Å². The zero-order valence-corrected chi connectivity index (χ0v) is 10.4. The summed E-state index contributed by atoms with van der Waals surface area (Å²) in [5, 5.41) is 31.8. The first-order chi connectivity index (χ1) is 9.13. The lowest BCUT2D eigenvalue weighted by Crippen LogP contribution is -2.19. The van der Waals surface area contributed by atoms with E-state index in [9.17, 15) is 10.2 Å². The molecule has 0 aliphatic heterocycles. The Balaban J connectivity index is 2.84. The predicted octanol–water partition coefficient (Wildman–Crippen LogP) is 1.66.